The third-order valence-electron chi connectivity index (χ3n) is 3.01. The smallest absolute Gasteiger partial charge is 0.142 e. The van der Waals surface area contributed by atoms with Crippen molar-refractivity contribution in [1.29, 1.82) is 0 Å². The quantitative estimate of drug-likeness (QED) is 0.570. The van der Waals surface area contributed by atoms with Crippen molar-refractivity contribution in [2.45, 2.75) is 11.8 Å². The van der Waals surface area contributed by atoms with Gasteiger partial charge in [-0.05, 0) is 23.8 Å². The number of hydrogen-bond donors (Lipinski definition) is 0. The number of fused-ring (bicyclic) bond motifs is 1. The van der Waals surface area contributed by atoms with Crippen LogP contribution in [0.2, 0.25) is 5.02 Å². The zero-order chi connectivity index (χ0) is 14.1. The van der Waals surface area contributed by atoms with Crippen LogP contribution < -0.4 is 0 Å². The minimum Gasteiger partial charge on any atom is -0.241 e. The summed E-state index contributed by atoms with van der Waals surface area (Å²) in [7, 11) is 0. The first-order valence-electron chi connectivity index (χ1n) is 6.07. The number of thiazole rings is 1. The van der Waals surface area contributed by atoms with E-state index in [4.69, 9.17) is 23.2 Å². The lowest BCUT2D eigenvalue weighted by molar-refractivity contribution is 0.625. The van der Waals surface area contributed by atoms with Gasteiger partial charge in [0.1, 0.15) is 5.82 Å². The number of benzene rings is 2. The van der Waals surface area contributed by atoms with Gasteiger partial charge in [-0.15, -0.1) is 22.9 Å². The van der Waals surface area contributed by atoms with Gasteiger partial charge in [0.15, 0.2) is 0 Å². The second kappa shape index (κ2) is 5.68. The monoisotopic (exact) mass is 325 g/mol. The summed E-state index contributed by atoms with van der Waals surface area (Å²) in [6, 6.07) is 12.6. The number of nitrogens with zero attached hydrogens (tertiary/aromatic N) is 1. The molecule has 0 saturated heterocycles. The predicted octanol–water partition coefficient (Wildman–Crippen LogP) is 5.61. The lowest BCUT2D eigenvalue weighted by atomic mass is 10.1. The zero-order valence-corrected chi connectivity index (χ0v) is 12.6. The molecule has 5 heteroatoms. The number of alkyl halides is 1. The molecule has 0 radical (unpaired) electrons. The van der Waals surface area contributed by atoms with Crippen LogP contribution in [0.25, 0.3) is 10.2 Å². The van der Waals surface area contributed by atoms with Crippen molar-refractivity contribution in [3.63, 3.8) is 0 Å². The molecular formula is C15H10Cl2FNS. The fraction of sp³-hybridized carbons (Fsp3) is 0.133. The molecule has 102 valence electrons. The van der Waals surface area contributed by atoms with Gasteiger partial charge in [-0.2, -0.15) is 0 Å². The van der Waals surface area contributed by atoms with E-state index in [2.05, 4.69) is 4.98 Å². The molecule has 1 atom stereocenters. The van der Waals surface area contributed by atoms with E-state index >= 15 is 0 Å². The zero-order valence-electron chi connectivity index (χ0n) is 10.3. The highest BCUT2D eigenvalue weighted by Gasteiger charge is 2.17. The van der Waals surface area contributed by atoms with Crippen LogP contribution in [0.4, 0.5) is 4.39 Å². The van der Waals surface area contributed by atoms with Crippen LogP contribution in [0, 0.1) is 5.82 Å². The average molecular weight is 326 g/mol. The van der Waals surface area contributed by atoms with E-state index in [-0.39, 0.29) is 5.02 Å². The number of para-hydroxylation sites is 1. The van der Waals surface area contributed by atoms with Crippen molar-refractivity contribution >= 4 is 44.8 Å². The summed E-state index contributed by atoms with van der Waals surface area (Å²) in [5.41, 5.74) is 1.56. The fourth-order valence-electron chi connectivity index (χ4n) is 2.03. The Morgan fingerprint density at radius 2 is 1.95 bits per heavy atom. The largest absolute Gasteiger partial charge is 0.241 e. The van der Waals surface area contributed by atoms with Crippen LogP contribution in [0.15, 0.2) is 42.5 Å². The second-order valence-electron chi connectivity index (χ2n) is 4.39. The predicted molar refractivity (Wildman–Crippen MR) is 83.3 cm³/mol. The van der Waals surface area contributed by atoms with Crippen LogP contribution >= 0.6 is 34.5 Å². The molecule has 0 aliphatic rings. The van der Waals surface area contributed by atoms with Crippen LogP contribution in [0.3, 0.4) is 0 Å². The third-order valence-corrected chi connectivity index (χ3v) is 4.86. The average Bonchev–Trinajstić information content (AvgIpc) is 2.83. The molecular weight excluding hydrogens is 316 g/mol. The molecule has 0 spiro atoms. The Balaban J connectivity index is 1.88. The van der Waals surface area contributed by atoms with Crippen molar-refractivity contribution in [2.24, 2.45) is 0 Å². The van der Waals surface area contributed by atoms with E-state index < -0.39 is 11.2 Å². The summed E-state index contributed by atoms with van der Waals surface area (Å²) in [5, 5.41) is 0.624. The Hall–Kier alpha value is -1.16. The van der Waals surface area contributed by atoms with Crippen molar-refractivity contribution in [2.75, 3.05) is 0 Å². The maximum atomic E-state index is 13.4. The maximum Gasteiger partial charge on any atom is 0.142 e. The third kappa shape index (κ3) is 2.66. The van der Waals surface area contributed by atoms with E-state index in [1.807, 2.05) is 24.3 Å². The van der Waals surface area contributed by atoms with Gasteiger partial charge in [-0.3, -0.25) is 0 Å². The van der Waals surface area contributed by atoms with Gasteiger partial charge in [-0.1, -0.05) is 35.9 Å². The number of aromatic nitrogens is 1. The number of hydrogen-bond acceptors (Lipinski definition) is 2. The molecule has 1 nitrogen and oxygen atoms in total. The minimum atomic E-state index is -0.445. The van der Waals surface area contributed by atoms with Gasteiger partial charge in [0, 0.05) is 6.42 Å². The highest BCUT2D eigenvalue weighted by Crippen LogP contribution is 2.34. The first-order valence-corrected chi connectivity index (χ1v) is 7.70. The van der Waals surface area contributed by atoms with Crippen molar-refractivity contribution in [3.8, 4) is 0 Å². The normalized spacial score (nSPS) is 12.8. The number of halogens is 3. The molecule has 0 fully saturated rings. The van der Waals surface area contributed by atoms with Gasteiger partial charge < -0.3 is 0 Å². The van der Waals surface area contributed by atoms with Gasteiger partial charge in [0.25, 0.3) is 0 Å². The van der Waals surface area contributed by atoms with E-state index in [1.165, 1.54) is 6.07 Å². The Kier molecular flexibility index (Phi) is 3.92. The molecule has 3 aromatic rings. The first kappa shape index (κ1) is 13.8. The minimum absolute atomic E-state index is 0.0913. The summed E-state index contributed by atoms with van der Waals surface area (Å²) >= 11 is 13.9. The molecule has 0 aliphatic heterocycles. The lowest BCUT2D eigenvalue weighted by Crippen LogP contribution is -1.97. The Morgan fingerprint density at radius 1 is 1.15 bits per heavy atom. The molecule has 1 aromatic heterocycles. The second-order valence-corrected chi connectivity index (χ2v) is 6.41. The summed E-state index contributed by atoms with van der Waals surface area (Å²) in [6.07, 6.45) is 0.532. The molecule has 1 unspecified atom stereocenters. The van der Waals surface area contributed by atoms with Gasteiger partial charge in [0.05, 0.1) is 25.6 Å². The van der Waals surface area contributed by atoms with Crippen LogP contribution in [-0.4, -0.2) is 4.98 Å². The molecule has 0 aliphatic carbocycles. The molecule has 0 saturated carbocycles. The first-order chi connectivity index (χ1) is 9.65. The summed E-state index contributed by atoms with van der Waals surface area (Å²) < 4.78 is 14.6. The lowest BCUT2D eigenvalue weighted by Gasteiger charge is -2.10. The number of rotatable bonds is 3. The standard InChI is InChI=1S/C15H10Cl2FNS/c16-10(9-4-3-5-11(18)15(9)17)8-14-19-12-6-1-2-7-13(12)20-14/h1-7,10H,8H2. The van der Waals surface area contributed by atoms with Gasteiger partial charge in [0.2, 0.25) is 0 Å². The van der Waals surface area contributed by atoms with E-state index in [9.17, 15) is 4.39 Å². The highest BCUT2D eigenvalue weighted by molar-refractivity contribution is 7.18. The van der Waals surface area contributed by atoms with Crippen molar-refractivity contribution < 1.29 is 4.39 Å². The molecule has 20 heavy (non-hydrogen) atoms. The summed E-state index contributed by atoms with van der Waals surface area (Å²) in [4.78, 5) is 4.53. The van der Waals surface area contributed by atoms with Gasteiger partial charge in [-0.25, -0.2) is 9.37 Å². The van der Waals surface area contributed by atoms with Crippen LogP contribution in [-0.2, 0) is 6.42 Å². The summed E-state index contributed by atoms with van der Waals surface area (Å²) in [5.74, 6) is -0.445. The highest BCUT2D eigenvalue weighted by atomic mass is 35.5. The Bertz CT molecular complexity index is 723. The van der Waals surface area contributed by atoms with E-state index in [1.54, 1.807) is 23.5 Å². The maximum absolute atomic E-state index is 13.4. The van der Waals surface area contributed by atoms with E-state index in [0.717, 1.165) is 15.2 Å². The molecule has 0 amide bonds. The molecule has 0 bridgehead atoms. The van der Waals surface area contributed by atoms with Crippen LogP contribution in [0.5, 0.6) is 0 Å². The van der Waals surface area contributed by atoms with Crippen LogP contribution in [0.1, 0.15) is 15.9 Å². The summed E-state index contributed by atoms with van der Waals surface area (Å²) in [6.45, 7) is 0. The topological polar surface area (TPSA) is 12.9 Å². The van der Waals surface area contributed by atoms with Crippen molar-refractivity contribution in [3.05, 3.63) is 63.9 Å². The Morgan fingerprint density at radius 3 is 2.75 bits per heavy atom. The van der Waals surface area contributed by atoms with E-state index in [0.29, 0.717) is 12.0 Å². The molecule has 2 aromatic carbocycles. The fourth-order valence-corrected chi connectivity index (χ4v) is 3.78. The molecule has 1 heterocycles. The molecule has 3 rings (SSSR count). The van der Waals surface area contributed by atoms with Gasteiger partial charge >= 0.3 is 0 Å². The Labute approximate surface area is 130 Å². The van der Waals surface area contributed by atoms with Crippen molar-refractivity contribution in [1.82, 2.24) is 4.98 Å². The SMILES string of the molecule is Fc1cccc(C(Cl)Cc2nc3ccccc3s2)c1Cl. The molecule has 0 N–H and O–H groups in total.